The molecule has 33 heavy (non-hydrogen) atoms. The number of carbonyl (C=O) groups excluding carboxylic acids is 1. The van der Waals surface area contributed by atoms with Crippen molar-refractivity contribution in [3.63, 3.8) is 0 Å². The standard InChI is InChI=1S/C20H18Br3F3O6S/c1-30-19(27)14-6-7-16(15(11-21)17(14)18(22)23)31-12-4-2-5-13(10-12)32-33(28,29)9-3-8-20(24,25)26/h2,4-7,10,18H,3,8-9,11H2,1H3. The lowest BCUT2D eigenvalue weighted by Gasteiger charge is -2.18. The minimum atomic E-state index is -4.44. The Balaban J connectivity index is 2.26. The number of benzene rings is 2. The van der Waals surface area contributed by atoms with Gasteiger partial charge in [-0.2, -0.15) is 21.6 Å². The number of hydrogen-bond acceptors (Lipinski definition) is 6. The lowest BCUT2D eigenvalue weighted by molar-refractivity contribution is -0.134. The third-order valence-corrected chi connectivity index (χ3v) is 6.89. The van der Waals surface area contributed by atoms with E-state index >= 15 is 0 Å². The number of methoxy groups -OCH3 is 1. The van der Waals surface area contributed by atoms with Crippen LogP contribution in [-0.2, 0) is 20.2 Å². The van der Waals surface area contributed by atoms with Crippen LogP contribution >= 0.6 is 47.8 Å². The van der Waals surface area contributed by atoms with Crippen molar-refractivity contribution in [1.29, 1.82) is 0 Å². The molecule has 2 aromatic rings. The normalized spacial score (nSPS) is 12.0. The third kappa shape index (κ3) is 8.45. The van der Waals surface area contributed by atoms with Crippen LogP contribution in [0.2, 0.25) is 0 Å². The lowest BCUT2D eigenvalue weighted by atomic mass is 10.0. The van der Waals surface area contributed by atoms with Gasteiger partial charge in [0.25, 0.3) is 0 Å². The minimum absolute atomic E-state index is 0.106. The predicted octanol–water partition coefficient (Wildman–Crippen LogP) is 7.00. The fraction of sp³-hybridized carbons (Fsp3) is 0.350. The molecule has 0 atom stereocenters. The molecule has 0 N–H and O–H groups in total. The highest BCUT2D eigenvalue weighted by molar-refractivity contribution is 9.24. The molecule has 0 unspecified atom stereocenters. The molecule has 0 fully saturated rings. The summed E-state index contributed by atoms with van der Waals surface area (Å²) in [6, 6.07) is 8.77. The number of esters is 1. The molecule has 6 nitrogen and oxygen atoms in total. The van der Waals surface area contributed by atoms with Gasteiger partial charge in [0.15, 0.2) is 0 Å². The van der Waals surface area contributed by atoms with Crippen molar-refractivity contribution in [2.45, 2.75) is 28.1 Å². The van der Waals surface area contributed by atoms with E-state index in [1.165, 1.54) is 31.4 Å². The van der Waals surface area contributed by atoms with Gasteiger partial charge in [-0.15, -0.1) is 0 Å². The van der Waals surface area contributed by atoms with Gasteiger partial charge in [0.1, 0.15) is 17.2 Å². The van der Waals surface area contributed by atoms with Crippen molar-refractivity contribution < 1.29 is 40.0 Å². The van der Waals surface area contributed by atoms with Crippen molar-refractivity contribution >= 4 is 63.9 Å². The first-order chi connectivity index (χ1) is 15.4. The zero-order valence-corrected chi connectivity index (χ0v) is 22.6. The van der Waals surface area contributed by atoms with Crippen molar-refractivity contribution in [2.24, 2.45) is 0 Å². The van der Waals surface area contributed by atoms with Gasteiger partial charge in [-0.3, -0.25) is 0 Å². The number of carbonyl (C=O) groups is 1. The van der Waals surface area contributed by atoms with Gasteiger partial charge in [-0.1, -0.05) is 53.9 Å². The van der Waals surface area contributed by atoms with Crippen molar-refractivity contribution in [3.8, 4) is 17.2 Å². The fourth-order valence-corrected chi connectivity index (χ4v) is 5.37. The summed E-state index contributed by atoms with van der Waals surface area (Å²) in [7, 11) is -2.95. The average Bonchev–Trinajstić information content (AvgIpc) is 2.71. The molecule has 0 aromatic heterocycles. The van der Waals surface area contributed by atoms with Gasteiger partial charge in [-0.25, -0.2) is 4.79 Å². The highest BCUT2D eigenvalue weighted by Gasteiger charge is 2.28. The van der Waals surface area contributed by atoms with E-state index in [2.05, 4.69) is 47.8 Å². The first-order valence-corrected chi connectivity index (χ1v) is 13.7. The van der Waals surface area contributed by atoms with Crippen LogP contribution in [0.4, 0.5) is 13.2 Å². The van der Waals surface area contributed by atoms with Crippen LogP contribution in [0.15, 0.2) is 36.4 Å². The van der Waals surface area contributed by atoms with E-state index in [0.717, 1.165) is 0 Å². The van der Waals surface area contributed by atoms with E-state index in [-0.39, 0.29) is 11.5 Å². The number of alkyl halides is 6. The van der Waals surface area contributed by atoms with Gasteiger partial charge in [0.2, 0.25) is 0 Å². The maximum absolute atomic E-state index is 12.3. The summed E-state index contributed by atoms with van der Waals surface area (Å²) in [5.74, 6) is -0.818. The molecule has 0 saturated carbocycles. The van der Waals surface area contributed by atoms with Gasteiger partial charge in [0, 0.05) is 23.4 Å². The molecule has 0 saturated heterocycles. The molecular formula is C20H18Br3F3O6S. The smallest absolute Gasteiger partial charge is 0.389 e. The topological polar surface area (TPSA) is 78.9 Å². The van der Waals surface area contributed by atoms with E-state index in [0.29, 0.717) is 27.8 Å². The van der Waals surface area contributed by atoms with Crippen molar-refractivity contribution in [2.75, 3.05) is 12.9 Å². The van der Waals surface area contributed by atoms with Crippen LogP contribution < -0.4 is 8.92 Å². The van der Waals surface area contributed by atoms with Gasteiger partial charge < -0.3 is 13.7 Å². The van der Waals surface area contributed by atoms with E-state index in [9.17, 15) is 26.4 Å². The summed E-state index contributed by atoms with van der Waals surface area (Å²) >= 11 is 10.2. The second-order valence-electron chi connectivity index (χ2n) is 6.57. The Hall–Kier alpha value is -1.31. The second kappa shape index (κ2) is 11.9. The minimum Gasteiger partial charge on any atom is -0.465 e. The summed E-state index contributed by atoms with van der Waals surface area (Å²) in [4.78, 5) is 12.1. The third-order valence-electron chi connectivity index (χ3n) is 4.18. The van der Waals surface area contributed by atoms with Crippen molar-refractivity contribution in [3.05, 3.63) is 53.1 Å². The highest BCUT2D eigenvalue weighted by atomic mass is 79.9. The van der Waals surface area contributed by atoms with Crippen LogP contribution in [0.1, 0.15) is 38.1 Å². The molecular weight excluding hydrogens is 665 g/mol. The Labute approximate surface area is 214 Å². The maximum atomic E-state index is 12.3. The Bertz CT molecular complexity index is 1090. The molecule has 0 heterocycles. The molecule has 0 radical (unpaired) electrons. The van der Waals surface area contributed by atoms with Gasteiger partial charge >= 0.3 is 22.3 Å². The number of hydrogen-bond donors (Lipinski definition) is 0. The summed E-state index contributed by atoms with van der Waals surface area (Å²) in [6.45, 7) is 0. The van der Waals surface area contributed by atoms with Crippen LogP contribution in [0.25, 0.3) is 0 Å². The SMILES string of the molecule is COC(=O)c1ccc(Oc2cccc(OS(=O)(=O)CCCC(F)(F)F)c2)c(CBr)c1C(Br)Br. The molecule has 0 aliphatic carbocycles. The highest BCUT2D eigenvalue weighted by Crippen LogP contribution is 2.41. The number of rotatable bonds is 10. The van der Waals surface area contributed by atoms with E-state index < -0.39 is 44.6 Å². The lowest BCUT2D eigenvalue weighted by Crippen LogP contribution is -2.16. The Morgan fingerprint density at radius 2 is 1.79 bits per heavy atom. The molecule has 2 aromatic carbocycles. The first kappa shape index (κ1) is 27.9. The second-order valence-corrected chi connectivity index (χ2v) is 11.9. The summed E-state index contributed by atoms with van der Waals surface area (Å²) < 4.78 is 76.0. The number of ether oxygens (including phenoxy) is 2. The molecule has 0 aliphatic heterocycles. The Morgan fingerprint density at radius 1 is 1.12 bits per heavy atom. The molecule has 182 valence electrons. The van der Waals surface area contributed by atoms with Gasteiger partial charge in [0.05, 0.1) is 22.2 Å². The molecule has 0 amide bonds. The van der Waals surface area contributed by atoms with Crippen LogP contribution in [0.5, 0.6) is 17.2 Å². The largest absolute Gasteiger partial charge is 0.465 e. The number of halogens is 6. The first-order valence-electron chi connectivity index (χ1n) is 9.22. The van der Waals surface area contributed by atoms with Crippen molar-refractivity contribution in [1.82, 2.24) is 0 Å². The molecule has 2 rings (SSSR count). The molecule has 0 aliphatic rings. The van der Waals surface area contributed by atoms with Gasteiger partial charge in [-0.05, 0) is 36.2 Å². The zero-order chi connectivity index (χ0) is 24.8. The average molecular weight is 683 g/mol. The Kier molecular flexibility index (Phi) is 10.1. The molecule has 0 spiro atoms. The van der Waals surface area contributed by atoms with E-state index in [1.54, 1.807) is 12.1 Å². The van der Waals surface area contributed by atoms with Crippen LogP contribution in [0, 0.1) is 0 Å². The molecule has 13 heteroatoms. The summed E-state index contributed by atoms with van der Waals surface area (Å²) in [6.07, 6.45) is -6.27. The molecule has 0 bridgehead atoms. The fourth-order valence-electron chi connectivity index (χ4n) is 2.77. The van der Waals surface area contributed by atoms with E-state index in [4.69, 9.17) is 13.7 Å². The van der Waals surface area contributed by atoms with Crippen LogP contribution in [0.3, 0.4) is 0 Å². The summed E-state index contributed by atoms with van der Waals surface area (Å²) in [5, 5.41) is 0.319. The van der Waals surface area contributed by atoms with E-state index in [1.807, 2.05) is 0 Å². The predicted molar refractivity (Wildman–Crippen MR) is 127 cm³/mol. The summed E-state index contributed by atoms with van der Waals surface area (Å²) in [5.41, 5.74) is 1.53. The Morgan fingerprint density at radius 3 is 2.36 bits per heavy atom. The quantitative estimate of drug-likeness (QED) is 0.153. The maximum Gasteiger partial charge on any atom is 0.389 e. The van der Waals surface area contributed by atoms with Crippen LogP contribution in [-0.4, -0.2) is 33.4 Å². The monoisotopic (exact) mass is 680 g/mol. The zero-order valence-electron chi connectivity index (χ0n) is 17.0.